The maximum atomic E-state index is 10.1. The number of aromatic nitrogens is 4. The molecule has 0 saturated carbocycles. The summed E-state index contributed by atoms with van der Waals surface area (Å²) < 4.78 is 13.1. The molecule has 1 aliphatic heterocycles. The minimum atomic E-state index is -0.252. The van der Waals surface area contributed by atoms with E-state index in [0.717, 1.165) is 33.7 Å². The summed E-state index contributed by atoms with van der Waals surface area (Å²) in [6.07, 6.45) is 1.56. The summed E-state index contributed by atoms with van der Waals surface area (Å²) in [7, 11) is 1.63. The molecular formula is C28H23N5O4. The zero-order valence-electron chi connectivity index (χ0n) is 20.2. The van der Waals surface area contributed by atoms with E-state index < -0.39 is 0 Å². The average molecular weight is 494 g/mol. The minimum Gasteiger partial charge on any atom is -0.508 e. The molecule has 0 aliphatic carbocycles. The summed E-state index contributed by atoms with van der Waals surface area (Å²) in [5.41, 5.74) is 5.00. The van der Waals surface area contributed by atoms with Crippen LogP contribution in [0.1, 0.15) is 40.9 Å². The summed E-state index contributed by atoms with van der Waals surface area (Å²) in [6.45, 7) is 1.98. The molecule has 184 valence electrons. The zero-order valence-corrected chi connectivity index (χ0v) is 20.2. The lowest BCUT2D eigenvalue weighted by Gasteiger charge is -2.28. The molecule has 0 bridgehead atoms. The van der Waals surface area contributed by atoms with E-state index in [1.54, 1.807) is 30.1 Å². The molecule has 0 fully saturated rings. The van der Waals surface area contributed by atoms with E-state index in [9.17, 15) is 5.11 Å². The topological polar surface area (TPSA) is 103 Å². The Morgan fingerprint density at radius 1 is 1.08 bits per heavy atom. The van der Waals surface area contributed by atoms with Crippen molar-refractivity contribution in [3.63, 3.8) is 0 Å². The molecule has 0 radical (unpaired) electrons. The number of hydrogen-bond donors (Lipinski definition) is 1. The van der Waals surface area contributed by atoms with Gasteiger partial charge in [0, 0.05) is 17.5 Å². The molecule has 0 saturated heterocycles. The highest BCUT2D eigenvalue weighted by Crippen LogP contribution is 2.48. The van der Waals surface area contributed by atoms with Crippen LogP contribution in [0.2, 0.25) is 0 Å². The lowest BCUT2D eigenvalue weighted by atomic mass is 9.84. The molecule has 3 aromatic carbocycles. The Bertz CT molecular complexity index is 1610. The number of hydrogen-bond acceptors (Lipinski definition) is 8. The monoisotopic (exact) mass is 493 g/mol. The van der Waals surface area contributed by atoms with Gasteiger partial charge in [-0.25, -0.2) is 14.5 Å². The number of oxime groups is 1. The van der Waals surface area contributed by atoms with Crippen molar-refractivity contribution in [3.8, 4) is 23.1 Å². The van der Waals surface area contributed by atoms with Crippen LogP contribution in [-0.4, -0.2) is 37.5 Å². The van der Waals surface area contributed by atoms with Gasteiger partial charge < -0.3 is 19.4 Å². The molecule has 5 aromatic rings. The second kappa shape index (κ2) is 9.27. The first-order chi connectivity index (χ1) is 18.1. The Kier molecular flexibility index (Phi) is 5.65. The molecule has 3 heterocycles. The highest BCUT2D eigenvalue weighted by molar-refractivity contribution is 5.98. The molecule has 1 atom stereocenters. The number of methoxy groups -OCH3 is 1. The Hall–Kier alpha value is -4.92. The first kappa shape index (κ1) is 22.5. The van der Waals surface area contributed by atoms with Gasteiger partial charge in [-0.05, 0) is 36.2 Å². The van der Waals surface area contributed by atoms with Crippen LogP contribution in [-0.2, 0) is 11.4 Å². The molecule has 9 heteroatoms. The van der Waals surface area contributed by atoms with Gasteiger partial charge in [-0.1, -0.05) is 53.7 Å². The summed E-state index contributed by atoms with van der Waals surface area (Å²) >= 11 is 0. The van der Waals surface area contributed by atoms with Crippen LogP contribution in [0.15, 0.2) is 84.3 Å². The standard InChI is InChI=1S/C28H23N5O4/c1-17(18-6-4-3-5-7-18)32-36-15-24-30-27-26-25(19-8-11-21(35-2)12-9-19)22-13-10-20(34)14-23(22)37-28(26)29-16-33(27)31-24/h3-14,16,25,34H,15H2,1-2H3/b32-17-/t25-/m0/s1. The number of aromatic hydroxyl groups is 1. The largest absolute Gasteiger partial charge is 0.508 e. The molecule has 37 heavy (non-hydrogen) atoms. The fourth-order valence-corrected chi connectivity index (χ4v) is 4.47. The number of rotatable bonds is 6. The van der Waals surface area contributed by atoms with Crippen LogP contribution < -0.4 is 9.47 Å². The van der Waals surface area contributed by atoms with Crippen LogP contribution >= 0.6 is 0 Å². The van der Waals surface area contributed by atoms with Crippen LogP contribution in [0.3, 0.4) is 0 Å². The summed E-state index contributed by atoms with van der Waals surface area (Å²) in [4.78, 5) is 14.8. The van der Waals surface area contributed by atoms with Gasteiger partial charge in [0.05, 0.1) is 18.4 Å². The van der Waals surface area contributed by atoms with Gasteiger partial charge in [-0.3, -0.25) is 0 Å². The Labute approximate surface area is 212 Å². The molecule has 0 amide bonds. The zero-order chi connectivity index (χ0) is 25.4. The van der Waals surface area contributed by atoms with Gasteiger partial charge in [0.1, 0.15) is 23.6 Å². The van der Waals surface area contributed by atoms with Crippen molar-refractivity contribution in [3.05, 3.63) is 107 Å². The molecule has 9 nitrogen and oxygen atoms in total. The van der Waals surface area contributed by atoms with Gasteiger partial charge in [0.2, 0.25) is 5.88 Å². The van der Waals surface area contributed by atoms with Gasteiger partial charge in [0.25, 0.3) is 0 Å². The number of phenols is 1. The fourth-order valence-electron chi connectivity index (χ4n) is 4.47. The highest BCUT2D eigenvalue weighted by Gasteiger charge is 2.33. The van der Waals surface area contributed by atoms with Crippen molar-refractivity contribution in [2.75, 3.05) is 7.11 Å². The maximum Gasteiger partial charge on any atom is 0.228 e. The van der Waals surface area contributed by atoms with E-state index in [4.69, 9.17) is 19.3 Å². The smallest absolute Gasteiger partial charge is 0.228 e. The highest BCUT2D eigenvalue weighted by atomic mass is 16.6. The third-order valence-corrected chi connectivity index (χ3v) is 6.27. The van der Waals surface area contributed by atoms with Crippen molar-refractivity contribution in [1.29, 1.82) is 0 Å². The maximum absolute atomic E-state index is 10.1. The third kappa shape index (κ3) is 4.20. The predicted molar refractivity (Wildman–Crippen MR) is 136 cm³/mol. The number of nitrogens with zero attached hydrogens (tertiary/aromatic N) is 5. The Balaban J connectivity index is 1.39. The molecular weight excluding hydrogens is 470 g/mol. The van der Waals surface area contributed by atoms with Gasteiger partial charge in [-0.2, -0.15) is 0 Å². The number of fused-ring (bicyclic) bond motifs is 4. The van der Waals surface area contributed by atoms with E-state index in [1.165, 1.54) is 0 Å². The van der Waals surface area contributed by atoms with Crippen molar-refractivity contribution < 1.29 is 19.4 Å². The minimum absolute atomic E-state index is 0.0964. The van der Waals surface area contributed by atoms with Crippen LogP contribution in [0.5, 0.6) is 23.1 Å². The van der Waals surface area contributed by atoms with Crippen molar-refractivity contribution in [1.82, 2.24) is 19.6 Å². The third-order valence-electron chi connectivity index (χ3n) is 6.27. The second-order valence-corrected chi connectivity index (χ2v) is 8.61. The van der Waals surface area contributed by atoms with Gasteiger partial charge in [-0.15, -0.1) is 5.10 Å². The lowest BCUT2D eigenvalue weighted by Crippen LogP contribution is -2.15. The Morgan fingerprint density at radius 3 is 2.68 bits per heavy atom. The van der Waals surface area contributed by atoms with Crippen molar-refractivity contribution in [2.45, 2.75) is 19.4 Å². The molecule has 1 aliphatic rings. The summed E-state index contributed by atoms with van der Waals surface area (Å²) in [5.74, 6) is 2.03. The normalized spacial score (nSPS) is 14.5. The molecule has 6 rings (SSSR count). The molecule has 1 N–H and O–H groups in total. The van der Waals surface area contributed by atoms with Crippen molar-refractivity contribution in [2.24, 2.45) is 5.16 Å². The molecule has 0 spiro atoms. The lowest BCUT2D eigenvalue weighted by molar-refractivity contribution is 0.125. The first-order valence-corrected chi connectivity index (χ1v) is 11.7. The van der Waals surface area contributed by atoms with Gasteiger partial charge in [0.15, 0.2) is 18.1 Å². The van der Waals surface area contributed by atoms with Crippen LogP contribution in [0.25, 0.3) is 5.65 Å². The molecule has 0 unspecified atom stereocenters. The molecule has 2 aromatic heterocycles. The summed E-state index contributed by atoms with van der Waals surface area (Å²) in [5, 5.41) is 18.8. The summed E-state index contributed by atoms with van der Waals surface area (Å²) in [6, 6.07) is 22.7. The van der Waals surface area contributed by atoms with E-state index >= 15 is 0 Å². The number of ether oxygens (including phenoxy) is 2. The van der Waals surface area contributed by atoms with E-state index in [2.05, 4.69) is 15.2 Å². The van der Waals surface area contributed by atoms with Crippen molar-refractivity contribution >= 4 is 11.4 Å². The second-order valence-electron chi connectivity index (χ2n) is 8.61. The van der Waals surface area contributed by atoms with Crippen LogP contribution in [0, 0.1) is 0 Å². The SMILES string of the molecule is COc1ccc([C@H]2c3ccc(O)cc3Oc3ncn4nc(CO/N=C(/C)c5ccccc5)nc4c32)cc1. The van der Waals surface area contributed by atoms with E-state index in [0.29, 0.717) is 23.1 Å². The number of phenolic OH excluding ortho intramolecular Hbond substituents is 1. The van der Waals surface area contributed by atoms with Gasteiger partial charge >= 0.3 is 0 Å². The quantitative estimate of drug-likeness (QED) is 0.255. The average Bonchev–Trinajstić information content (AvgIpc) is 3.35. The Morgan fingerprint density at radius 2 is 1.89 bits per heavy atom. The van der Waals surface area contributed by atoms with E-state index in [1.807, 2.05) is 67.6 Å². The predicted octanol–water partition coefficient (Wildman–Crippen LogP) is 5.07. The number of benzene rings is 3. The van der Waals surface area contributed by atoms with E-state index in [-0.39, 0.29) is 18.3 Å². The fraction of sp³-hybridized carbons (Fsp3) is 0.143. The van der Waals surface area contributed by atoms with Crippen LogP contribution in [0.4, 0.5) is 0 Å². The first-order valence-electron chi connectivity index (χ1n) is 11.7.